The molecule has 1 atom stereocenters. The van der Waals surface area contributed by atoms with Crippen LogP contribution in [0.5, 0.6) is 17.2 Å². The third kappa shape index (κ3) is 4.15. The van der Waals surface area contributed by atoms with E-state index >= 15 is 0 Å². The van der Waals surface area contributed by atoms with E-state index < -0.39 is 0 Å². The quantitative estimate of drug-likeness (QED) is 0.746. The lowest BCUT2D eigenvalue weighted by atomic mass is 9.98. The summed E-state index contributed by atoms with van der Waals surface area (Å²) in [5.74, 6) is 1.36. The van der Waals surface area contributed by atoms with E-state index in [1.54, 1.807) is 27.4 Å². The molecule has 0 aromatic heterocycles. The molecule has 1 saturated heterocycles. The molecule has 0 radical (unpaired) electrons. The van der Waals surface area contributed by atoms with E-state index in [9.17, 15) is 9.18 Å². The van der Waals surface area contributed by atoms with Crippen LogP contribution < -0.4 is 14.2 Å². The van der Waals surface area contributed by atoms with Crippen LogP contribution in [-0.2, 0) is 17.8 Å². The second kappa shape index (κ2) is 8.29. The van der Waals surface area contributed by atoms with Gasteiger partial charge >= 0.3 is 0 Å². The summed E-state index contributed by atoms with van der Waals surface area (Å²) in [7, 11) is 4.69. The SMILES string of the molecule is COc1cc(CN2CCC(Cc3cccc(F)c3)C2=O)cc(OC)c1OC. The molecule has 1 fully saturated rings. The fourth-order valence-corrected chi connectivity index (χ4v) is 3.55. The van der Waals surface area contributed by atoms with Crippen molar-refractivity contribution in [3.8, 4) is 17.2 Å². The molecule has 1 amide bonds. The maximum atomic E-state index is 13.4. The van der Waals surface area contributed by atoms with Crippen LogP contribution in [0.1, 0.15) is 17.5 Å². The van der Waals surface area contributed by atoms with Crippen LogP contribution in [0, 0.1) is 11.7 Å². The van der Waals surface area contributed by atoms with Gasteiger partial charge in [0.2, 0.25) is 11.7 Å². The van der Waals surface area contributed by atoms with Crippen LogP contribution in [-0.4, -0.2) is 38.7 Å². The van der Waals surface area contributed by atoms with Gasteiger partial charge in [-0.1, -0.05) is 12.1 Å². The first kappa shape index (κ1) is 19.0. The smallest absolute Gasteiger partial charge is 0.226 e. The summed E-state index contributed by atoms with van der Waals surface area (Å²) in [5.41, 5.74) is 1.76. The highest BCUT2D eigenvalue weighted by Crippen LogP contribution is 2.39. The van der Waals surface area contributed by atoms with Gasteiger partial charge < -0.3 is 19.1 Å². The van der Waals surface area contributed by atoms with Gasteiger partial charge in [0.1, 0.15) is 5.82 Å². The van der Waals surface area contributed by atoms with Crippen LogP contribution >= 0.6 is 0 Å². The zero-order valence-corrected chi connectivity index (χ0v) is 15.8. The summed E-state index contributed by atoms with van der Waals surface area (Å²) in [6, 6.07) is 10.2. The maximum Gasteiger partial charge on any atom is 0.226 e. The third-order valence-electron chi connectivity index (χ3n) is 4.88. The minimum absolute atomic E-state index is 0.0908. The Labute approximate surface area is 158 Å². The summed E-state index contributed by atoms with van der Waals surface area (Å²) in [5, 5.41) is 0. The van der Waals surface area contributed by atoms with E-state index in [0.717, 1.165) is 17.5 Å². The number of methoxy groups -OCH3 is 3. The minimum atomic E-state index is -0.271. The Balaban J connectivity index is 1.72. The van der Waals surface area contributed by atoms with Gasteiger partial charge in [0, 0.05) is 19.0 Å². The Morgan fingerprint density at radius 3 is 2.33 bits per heavy atom. The average Bonchev–Trinajstić information content (AvgIpc) is 3.00. The number of ether oxygens (including phenoxy) is 3. The van der Waals surface area contributed by atoms with Crippen molar-refractivity contribution in [2.45, 2.75) is 19.4 Å². The molecule has 0 saturated carbocycles. The summed E-state index contributed by atoms with van der Waals surface area (Å²) in [6.07, 6.45) is 1.32. The summed E-state index contributed by atoms with van der Waals surface area (Å²) in [6.45, 7) is 1.14. The van der Waals surface area contributed by atoms with Crippen molar-refractivity contribution in [1.29, 1.82) is 0 Å². The predicted molar refractivity (Wildman–Crippen MR) is 99.7 cm³/mol. The van der Waals surface area contributed by atoms with Crippen molar-refractivity contribution in [2.75, 3.05) is 27.9 Å². The number of carbonyl (C=O) groups is 1. The second-order valence-corrected chi connectivity index (χ2v) is 6.61. The fraction of sp³-hybridized carbons (Fsp3) is 0.381. The molecule has 1 aliphatic rings. The molecule has 1 aliphatic heterocycles. The number of hydrogen-bond donors (Lipinski definition) is 0. The molecule has 0 bridgehead atoms. The molecule has 0 spiro atoms. The van der Waals surface area contributed by atoms with Gasteiger partial charge in [-0.05, 0) is 48.2 Å². The molecule has 1 heterocycles. The summed E-state index contributed by atoms with van der Waals surface area (Å²) >= 11 is 0. The number of amides is 1. The number of benzene rings is 2. The van der Waals surface area contributed by atoms with Gasteiger partial charge in [0.25, 0.3) is 0 Å². The number of hydrogen-bond acceptors (Lipinski definition) is 4. The first-order valence-corrected chi connectivity index (χ1v) is 8.87. The normalized spacial score (nSPS) is 16.5. The summed E-state index contributed by atoms with van der Waals surface area (Å²) in [4.78, 5) is 14.6. The number of halogens is 1. The molecule has 2 aromatic carbocycles. The van der Waals surface area contributed by atoms with Crippen LogP contribution in [0.4, 0.5) is 4.39 Å². The fourth-order valence-electron chi connectivity index (χ4n) is 3.55. The van der Waals surface area contributed by atoms with Crippen molar-refractivity contribution < 1.29 is 23.4 Å². The lowest BCUT2D eigenvalue weighted by Gasteiger charge is -2.19. The van der Waals surface area contributed by atoms with Crippen molar-refractivity contribution in [3.63, 3.8) is 0 Å². The lowest BCUT2D eigenvalue weighted by Crippen LogP contribution is -2.27. The van der Waals surface area contributed by atoms with Crippen molar-refractivity contribution in [2.24, 2.45) is 5.92 Å². The summed E-state index contributed by atoms with van der Waals surface area (Å²) < 4.78 is 29.5. The number of nitrogens with zero attached hydrogens (tertiary/aromatic N) is 1. The highest BCUT2D eigenvalue weighted by Gasteiger charge is 2.32. The Kier molecular flexibility index (Phi) is 5.84. The lowest BCUT2D eigenvalue weighted by molar-refractivity contribution is -0.131. The molecule has 2 aromatic rings. The minimum Gasteiger partial charge on any atom is -0.493 e. The Morgan fingerprint density at radius 2 is 1.74 bits per heavy atom. The van der Waals surface area contributed by atoms with Crippen molar-refractivity contribution in [1.82, 2.24) is 4.90 Å². The topological polar surface area (TPSA) is 48.0 Å². The standard InChI is InChI=1S/C21H24FNO4/c1-25-18-11-15(12-19(26-2)20(18)27-3)13-23-8-7-16(21(23)24)9-14-5-4-6-17(22)10-14/h4-6,10-12,16H,7-9,13H2,1-3H3. The molecule has 27 heavy (non-hydrogen) atoms. The predicted octanol–water partition coefficient (Wildman–Crippen LogP) is 3.44. The Morgan fingerprint density at radius 1 is 1.04 bits per heavy atom. The van der Waals surface area contributed by atoms with Crippen LogP contribution in [0.15, 0.2) is 36.4 Å². The zero-order chi connectivity index (χ0) is 19.4. The van der Waals surface area contributed by atoms with Gasteiger partial charge in [-0.15, -0.1) is 0 Å². The average molecular weight is 373 g/mol. The molecule has 0 N–H and O–H groups in total. The second-order valence-electron chi connectivity index (χ2n) is 6.61. The van der Waals surface area contributed by atoms with Gasteiger partial charge in [0.05, 0.1) is 21.3 Å². The van der Waals surface area contributed by atoms with Crippen LogP contribution in [0.3, 0.4) is 0 Å². The molecular formula is C21H24FNO4. The van der Waals surface area contributed by atoms with Crippen LogP contribution in [0.2, 0.25) is 0 Å². The van der Waals surface area contributed by atoms with Crippen molar-refractivity contribution in [3.05, 3.63) is 53.3 Å². The molecular weight excluding hydrogens is 349 g/mol. The molecule has 3 rings (SSSR count). The van der Waals surface area contributed by atoms with Gasteiger partial charge in [-0.3, -0.25) is 4.79 Å². The third-order valence-corrected chi connectivity index (χ3v) is 4.88. The molecule has 6 heteroatoms. The van der Waals surface area contributed by atoms with E-state index in [4.69, 9.17) is 14.2 Å². The van der Waals surface area contributed by atoms with Gasteiger partial charge in [0.15, 0.2) is 11.5 Å². The number of likely N-dealkylation sites (tertiary alicyclic amines) is 1. The highest BCUT2D eigenvalue weighted by atomic mass is 19.1. The highest BCUT2D eigenvalue weighted by molar-refractivity contribution is 5.81. The van der Waals surface area contributed by atoms with Crippen molar-refractivity contribution >= 4 is 5.91 Å². The van der Waals surface area contributed by atoms with Gasteiger partial charge in [-0.2, -0.15) is 0 Å². The number of carbonyl (C=O) groups excluding carboxylic acids is 1. The Bertz CT molecular complexity index is 799. The molecule has 144 valence electrons. The van der Waals surface area contributed by atoms with E-state index in [1.165, 1.54) is 12.1 Å². The molecule has 1 unspecified atom stereocenters. The maximum absolute atomic E-state index is 13.4. The van der Waals surface area contributed by atoms with E-state index in [-0.39, 0.29) is 17.6 Å². The van der Waals surface area contributed by atoms with E-state index in [2.05, 4.69) is 0 Å². The molecule has 0 aliphatic carbocycles. The largest absolute Gasteiger partial charge is 0.493 e. The van der Waals surface area contributed by atoms with Crippen LogP contribution in [0.25, 0.3) is 0 Å². The first-order chi connectivity index (χ1) is 13.0. The van der Waals surface area contributed by atoms with E-state index in [1.807, 2.05) is 23.1 Å². The monoisotopic (exact) mass is 373 g/mol. The zero-order valence-electron chi connectivity index (χ0n) is 15.8. The number of rotatable bonds is 7. The first-order valence-electron chi connectivity index (χ1n) is 8.87. The Hall–Kier alpha value is -2.76. The van der Waals surface area contributed by atoms with E-state index in [0.29, 0.717) is 36.8 Å². The van der Waals surface area contributed by atoms with Gasteiger partial charge in [-0.25, -0.2) is 4.39 Å². The molecule has 5 nitrogen and oxygen atoms in total.